The number of piperidine rings is 1. The van der Waals surface area contributed by atoms with Gasteiger partial charge in [-0.05, 0) is 55.3 Å². The molecule has 0 aromatic heterocycles. The van der Waals surface area contributed by atoms with E-state index in [9.17, 15) is 4.79 Å². The summed E-state index contributed by atoms with van der Waals surface area (Å²) in [4.78, 5) is 14.6. The molecule has 2 aromatic rings. The number of carbonyl (C=O) groups is 1. The van der Waals surface area contributed by atoms with E-state index in [4.69, 9.17) is 4.74 Å². The minimum atomic E-state index is 0.0927. The maximum Gasteiger partial charge on any atom is 0.260 e. The van der Waals surface area contributed by atoms with Crippen LogP contribution in [-0.2, 0) is 11.2 Å². The number of nitrogens with one attached hydrogen (secondary N) is 1. The summed E-state index contributed by atoms with van der Waals surface area (Å²) in [6.07, 6.45) is 5.66. The molecule has 1 N–H and O–H groups in total. The Morgan fingerprint density at radius 3 is 2.43 bits per heavy atom. The van der Waals surface area contributed by atoms with E-state index in [1.807, 2.05) is 41.3 Å². The highest BCUT2D eigenvalue weighted by Crippen LogP contribution is 2.28. The first kappa shape index (κ1) is 19.0. The zero-order valence-corrected chi connectivity index (χ0v) is 16.5. The standard InChI is InChI=1S/C24H30N2O2/c27-24(26-14-12-22(13-15-26)25-17-20-10-11-20)18-28-23-9-5-4-8-21(23)16-19-6-2-1-3-7-19/h1-9,20,22,25H,10-18H2. The predicted molar refractivity (Wildman–Crippen MR) is 112 cm³/mol. The lowest BCUT2D eigenvalue weighted by atomic mass is 10.0. The third kappa shape index (κ3) is 5.35. The predicted octanol–water partition coefficient (Wildman–Crippen LogP) is 3.65. The third-order valence-electron chi connectivity index (χ3n) is 5.80. The molecule has 2 aromatic carbocycles. The number of hydrogen-bond acceptors (Lipinski definition) is 3. The maximum absolute atomic E-state index is 12.6. The molecule has 1 saturated heterocycles. The highest BCUT2D eigenvalue weighted by atomic mass is 16.5. The number of rotatable bonds is 8. The Morgan fingerprint density at radius 1 is 0.964 bits per heavy atom. The van der Waals surface area contributed by atoms with Crippen molar-refractivity contribution in [2.45, 2.75) is 38.1 Å². The van der Waals surface area contributed by atoms with Gasteiger partial charge in [0.25, 0.3) is 5.91 Å². The first-order chi connectivity index (χ1) is 13.8. The van der Waals surface area contributed by atoms with Crippen molar-refractivity contribution in [3.63, 3.8) is 0 Å². The topological polar surface area (TPSA) is 41.6 Å². The van der Waals surface area contributed by atoms with E-state index in [-0.39, 0.29) is 12.5 Å². The summed E-state index contributed by atoms with van der Waals surface area (Å²) in [6.45, 7) is 2.93. The molecule has 28 heavy (non-hydrogen) atoms. The Balaban J connectivity index is 1.26. The molecule has 1 aliphatic carbocycles. The fraction of sp³-hybridized carbons (Fsp3) is 0.458. The highest BCUT2D eigenvalue weighted by Gasteiger charge is 2.26. The van der Waals surface area contributed by atoms with Gasteiger partial charge in [-0.2, -0.15) is 0 Å². The molecule has 1 heterocycles. The Kier molecular flexibility index (Phi) is 6.27. The fourth-order valence-electron chi connectivity index (χ4n) is 3.83. The molecular weight excluding hydrogens is 348 g/mol. The molecule has 1 saturated carbocycles. The molecule has 4 rings (SSSR count). The molecular formula is C24H30N2O2. The fourth-order valence-corrected chi connectivity index (χ4v) is 3.83. The molecule has 0 bridgehead atoms. The Labute approximate surface area is 167 Å². The molecule has 0 unspecified atom stereocenters. The lowest BCUT2D eigenvalue weighted by Gasteiger charge is -2.32. The van der Waals surface area contributed by atoms with Crippen LogP contribution < -0.4 is 10.1 Å². The van der Waals surface area contributed by atoms with Gasteiger partial charge < -0.3 is 15.0 Å². The van der Waals surface area contributed by atoms with Crippen LogP contribution in [0.1, 0.15) is 36.8 Å². The van der Waals surface area contributed by atoms with E-state index >= 15 is 0 Å². The van der Waals surface area contributed by atoms with Crippen molar-refractivity contribution in [2.24, 2.45) is 5.92 Å². The molecule has 1 aliphatic heterocycles. The first-order valence-electron chi connectivity index (χ1n) is 10.5. The zero-order chi connectivity index (χ0) is 19.2. The van der Waals surface area contributed by atoms with E-state index in [2.05, 4.69) is 23.5 Å². The van der Waals surface area contributed by atoms with Gasteiger partial charge in [0.05, 0.1) is 0 Å². The minimum Gasteiger partial charge on any atom is -0.483 e. The van der Waals surface area contributed by atoms with Crippen LogP contribution in [-0.4, -0.2) is 43.1 Å². The van der Waals surface area contributed by atoms with Crippen molar-refractivity contribution in [3.05, 3.63) is 65.7 Å². The van der Waals surface area contributed by atoms with E-state index in [0.717, 1.165) is 56.1 Å². The van der Waals surface area contributed by atoms with Crippen LogP contribution in [0, 0.1) is 5.92 Å². The summed E-state index contributed by atoms with van der Waals surface area (Å²) in [5.74, 6) is 1.81. The molecule has 4 heteroatoms. The van der Waals surface area contributed by atoms with Gasteiger partial charge in [0.1, 0.15) is 5.75 Å². The number of benzene rings is 2. The van der Waals surface area contributed by atoms with E-state index in [1.165, 1.54) is 18.4 Å². The molecule has 0 spiro atoms. The molecule has 4 nitrogen and oxygen atoms in total. The zero-order valence-electron chi connectivity index (χ0n) is 16.5. The first-order valence-corrected chi connectivity index (χ1v) is 10.5. The van der Waals surface area contributed by atoms with Crippen LogP contribution in [0.3, 0.4) is 0 Å². The number of hydrogen-bond donors (Lipinski definition) is 1. The van der Waals surface area contributed by atoms with Gasteiger partial charge in [-0.25, -0.2) is 0 Å². The Morgan fingerprint density at radius 2 is 1.68 bits per heavy atom. The van der Waals surface area contributed by atoms with E-state index in [1.54, 1.807) is 0 Å². The van der Waals surface area contributed by atoms with Crippen LogP contribution >= 0.6 is 0 Å². The second kappa shape index (κ2) is 9.24. The van der Waals surface area contributed by atoms with Gasteiger partial charge in [-0.3, -0.25) is 4.79 Å². The van der Waals surface area contributed by atoms with Crippen LogP contribution in [0.2, 0.25) is 0 Å². The van der Waals surface area contributed by atoms with Gasteiger partial charge in [-0.15, -0.1) is 0 Å². The summed E-state index contributed by atoms with van der Waals surface area (Å²) in [5.41, 5.74) is 2.36. The average Bonchev–Trinajstić information content (AvgIpc) is 3.57. The summed E-state index contributed by atoms with van der Waals surface area (Å²) in [7, 11) is 0. The van der Waals surface area contributed by atoms with E-state index in [0.29, 0.717) is 6.04 Å². The number of para-hydroxylation sites is 1. The number of amides is 1. The number of ether oxygens (including phenoxy) is 1. The number of carbonyl (C=O) groups excluding carboxylic acids is 1. The van der Waals surface area contributed by atoms with Crippen molar-refractivity contribution in [3.8, 4) is 5.75 Å². The van der Waals surface area contributed by atoms with Crippen molar-refractivity contribution < 1.29 is 9.53 Å². The number of likely N-dealkylation sites (tertiary alicyclic amines) is 1. The summed E-state index contributed by atoms with van der Waals surface area (Å²) < 4.78 is 5.93. The summed E-state index contributed by atoms with van der Waals surface area (Å²) in [5, 5.41) is 3.66. The van der Waals surface area contributed by atoms with Gasteiger partial charge in [-0.1, -0.05) is 48.5 Å². The SMILES string of the molecule is O=C(COc1ccccc1Cc1ccccc1)N1CCC(NCC2CC2)CC1. The van der Waals surface area contributed by atoms with Gasteiger partial charge in [0.2, 0.25) is 0 Å². The molecule has 148 valence electrons. The normalized spacial score (nSPS) is 17.5. The van der Waals surface area contributed by atoms with Gasteiger partial charge in [0, 0.05) is 25.6 Å². The minimum absolute atomic E-state index is 0.0927. The van der Waals surface area contributed by atoms with Crippen LogP contribution in [0.5, 0.6) is 5.75 Å². The van der Waals surface area contributed by atoms with Crippen molar-refractivity contribution in [1.29, 1.82) is 0 Å². The second-order valence-corrected chi connectivity index (χ2v) is 8.07. The van der Waals surface area contributed by atoms with Crippen molar-refractivity contribution in [2.75, 3.05) is 26.2 Å². The second-order valence-electron chi connectivity index (χ2n) is 8.07. The van der Waals surface area contributed by atoms with Crippen molar-refractivity contribution >= 4 is 5.91 Å². The smallest absolute Gasteiger partial charge is 0.260 e. The monoisotopic (exact) mass is 378 g/mol. The summed E-state index contributed by atoms with van der Waals surface area (Å²) in [6, 6.07) is 18.9. The molecule has 1 amide bonds. The molecule has 2 fully saturated rings. The third-order valence-corrected chi connectivity index (χ3v) is 5.80. The highest BCUT2D eigenvalue weighted by molar-refractivity contribution is 5.78. The number of nitrogens with zero attached hydrogens (tertiary/aromatic N) is 1. The van der Waals surface area contributed by atoms with Crippen LogP contribution in [0.25, 0.3) is 0 Å². The Bertz CT molecular complexity index is 765. The van der Waals surface area contributed by atoms with Crippen LogP contribution in [0.15, 0.2) is 54.6 Å². The Hall–Kier alpha value is -2.33. The lowest BCUT2D eigenvalue weighted by Crippen LogP contribution is -2.46. The molecule has 0 atom stereocenters. The lowest BCUT2D eigenvalue weighted by molar-refractivity contribution is -0.134. The van der Waals surface area contributed by atoms with Gasteiger partial charge in [0.15, 0.2) is 6.61 Å². The van der Waals surface area contributed by atoms with E-state index < -0.39 is 0 Å². The summed E-state index contributed by atoms with van der Waals surface area (Å²) >= 11 is 0. The molecule has 2 aliphatic rings. The quantitative estimate of drug-likeness (QED) is 0.762. The average molecular weight is 379 g/mol. The molecule has 0 radical (unpaired) electrons. The largest absolute Gasteiger partial charge is 0.483 e. The van der Waals surface area contributed by atoms with Gasteiger partial charge >= 0.3 is 0 Å². The van der Waals surface area contributed by atoms with Crippen LogP contribution in [0.4, 0.5) is 0 Å². The maximum atomic E-state index is 12.6. The van der Waals surface area contributed by atoms with Crippen molar-refractivity contribution in [1.82, 2.24) is 10.2 Å².